The van der Waals surface area contributed by atoms with Crippen molar-refractivity contribution in [3.05, 3.63) is 27.9 Å². The average molecular weight is 258 g/mol. The van der Waals surface area contributed by atoms with Crippen molar-refractivity contribution in [1.29, 1.82) is 0 Å². The van der Waals surface area contributed by atoms with E-state index in [4.69, 9.17) is 16.0 Å². The molecule has 1 rings (SSSR count). The van der Waals surface area contributed by atoms with Crippen molar-refractivity contribution >= 4 is 23.3 Å². The normalized spacial score (nSPS) is 11.5. The Morgan fingerprint density at radius 3 is 2.94 bits per heavy atom. The van der Waals surface area contributed by atoms with Crippen LogP contribution in [0.25, 0.3) is 0 Å². The molecule has 17 heavy (non-hydrogen) atoms. The first-order chi connectivity index (χ1) is 8.10. The molecular formula is C8H10N4O4S. The van der Waals surface area contributed by atoms with E-state index in [-0.39, 0.29) is 28.7 Å². The lowest BCUT2D eigenvalue weighted by atomic mass is 10.2. The molecule has 0 aromatic carbocycles. The number of hydrogen-bond donors (Lipinski definition) is 3. The predicted molar refractivity (Wildman–Crippen MR) is 61.2 cm³/mol. The maximum atomic E-state index is 10.8. The van der Waals surface area contributed by atoms with Gasteiger partial charge in [0.15, 0.2) is 10.9 Å². The molecule has 0 atom stereocenters. The van der Waals surface area contributed by atoms with Gasteiger partial charge in [0.2, 0.25) is 0 Å². The highest BCUT2D eigenvalue weighted by Crippen LogP contribution is 2.27. The van der Waals surface area contributed by atoms with Crippen molar-refractivity contribution in [3.63, 3.8) is 0 Å². The third-order valence-electron chi connectivity index (χ3n) is 1.76. The molecule has 0 aliphatic heterocycles. The fourth-order valence-corrected chi connectivity index (χ4v) is 1.72. The number of aromatic nitrogens is 1. The molecule has 0 saturated heterocycles. The van der Waals surface area contributed by atoms with Gasteiger partial charge in [-0.05, 0) is 0 Å². The van der Waals surface area contributed by atoms with Crippen LogP contribution in [0.15, 0.2) is 22.4 Å². The van der Waals surface area contributed by atoms with Gasteiger partial charge in [0.1, 0.15) is 0 Å². The number of rotatable bonds is 5. The van der Waals surface area contributed by atoms with Crippen LogP contribution < -0.4 is 5.73 Å². The lowest BCUT2D eigenvalue weighted by Gasteiger charge is -2.03. The molecule has 1 aromatic heterocycles. The summed E-state index contributed by atoms with van der Waals surface area (Å²) in [5.41, 5.74) is 5.22. The predicted octanol–water partition coefficient (Wildman–Crippen LogP) is 0.169. The maximum Gasteiger partial charge on any atom is 0.302 e. The largest absolute Gasteiger partial charge is 0.409 e. The number of hydrogen-bond acceptors (Lipinski definition) is 7. The first-order valence-electron chi connectivity index (χ1n) is 4.46. The van der Waals surface area contributed by atoms with Crippen molar-refractivity contribution in [3.8, 4) is 0 Å². The number of oxime groups is 1. The van der Waals surface area contributed by atoms with Gasteiger partial charge >= 0.3 is 5.69 Å². The van der Waals surface area contributed by atoms with E-state index in [9.17, 15) is 10.1 Å². The first-order valence-corrected chi connectivity index (χ1v) is 5.44. The van der Waals surface area contributed by atoms with Gasteiger partial charge in [-0.3, -0.25) is 10.1 Å². The van der Waals surface area contributed by atoms with Crippen molar-refractivity contribution in [2.75, 3.05) is 12.4 Å². The van der Waals surface area contributed by atoms with Gasteiger partial charge in [-0.1, -0.05) is 16.9 Å². The van der Waals surface area contributed by atoms with Gasteiger partial charge in [0.25, 0.3) is 0 Å². The molecule has 0 saturated carbocycles. The van der Waals surface area contributed by atoms with Crippen LogP contribution in [0.2, 0.25) is 0 Å². The van der Waals surface area contributed by atoms with E-state index in [1.54, 1.807) is 0 Å². The molecule has 0 aliphatic carbocycles. The van der Waals surface area contributed by atoms with Crippen molar-refractivity contribution < 1.29 is 15.2 Å². The van der Waals surface area contributed by atoms with Crippen LogP contribution in [0.3, 0.4) is 0 Å². The SMILES string of the molecule is NC(=NO)c1cnc(SCCO)c([N+](=O)[O-])c1. The Labute approximate surface area is 100 Å². The second-order valence-electron chi connectivity index (χ2n) is 2.86. The topological polar surface area (TPSA) is 135 Å². The highest BCUT2D eigenvalue weighted by Gasteiger charge is 2.17. The van der Waals surface area contributed by atoms with Crippen LogP contribution >= 0.6 is 11.8 Å². The highest BCUT2D eigenvalue weighted by molar-refractivity contribution is 7.99. The summed E-state index contributed by atoms with van der Waals surface area (Å²) in [5.74, 6) is 0.0517. The molecule has 92 valence electrons. The Hall–Kier alpha value is -1.87. The molecule has 0 amide bonds. The summed E-state index contributed by atoms with van der Waals surface area (Å²) in [6.45, 7) is -0.106. The van der Waals surface area contributed by atoms with Crippen molar-refractivity contribution in [2.45, 2.75) is 5.03 Å². The fourth-order valence-electron chi connectivity index (χ4n) is 1.02. The van der Waals surface area contributed by atoms with Gasteiger partial charge in [-0.25, -0.2) is 4.98 Å². The average Bonchev–Trinajstić information content (AvgIpc) is 2.35. The van der Waals surface area contributed by atoms with E-state index >= 15 is 0 Å². The van der Waals surface area contributed by atoms with Gasteiger partial charge < -0.3 is 16.0 Å². The van der Waals surface area contributed by atoms with Crippen molar-refractivity contribution in [1.82, 2.24) is 4.98 Å². The number of nitro groups is 1. The highest BCUT2D eigenvalue weighted by atomic mass is 32.2. The Morgan fingerprint density at radius 1 is 1.71 bits per heavy atom. The van der Waals surface area contributed by atoms with Crippen LogP contribution in [-0.2, 0) is 0 Å². The number of amidine groups is 1. The standard InChI is InChI=1S/C8H10N4O4S/c9-7(11-14)5-3-6(12(15)16)8(10-4-5)17-2-1-13/h3-4,13-14H,1-2H2,(H2,9,11). The molecule has 1 heterocycles. The zero-order valence-corrected chi connectivity index (χ0v) is 9.42. The minimum Gasteiger partial charge on any atom is -0.409 e. The number of aliphatic hydroxyl groups excluding tert-OH is 1. The van der Waals surface area contributed by atoms with Gasteiger partial charge in [-0.15, -0.1) is 0 Å². The van der Waals surface area contributed by atoms with Gasteiger partial charge in [-0.2, -0.15) is 0 Å². The van der Waals surface area contributed by atoms with Crippen LogP contribution in [-0.4, -0.2) is 38.4 Å². The summed E-state index contributed by atoms with van der Waals surface area (Å²) < 4.78 is 0. The molecule has 0 bridgehead atoms. The van der Waals surface area contributed by atoms with Crippen LogP contribution in [0.4, 0.5) is 5.69 Å². The number of nitrogens with two attached hydrogens (primary N) is 1. The second kappa shape index (κ2) is 6.01. The molecule has 1 aromatic rings. The van der Waals surface area contributed by atoms with E-state index in [1.165, 1.54) is 12.3 Å². The maximum absolute atomic E-state index is 10.8. The Morgan fingerprint density at radius 2 is 2.41 bits per heavy atom. The molecule has 8 nitrogen and oxygen atoms in total. The first kappa shape index (κ1) is 13.2. The second-order valence-corrected chi connectivity index (χ2v) is 3.95. The van der Waals surface area contributed by atoms with Crippen LogP contribution in [0.1, 0.15) is 5.56 Å². The molecule has 0 spiro atoms. The fraction of sp³-hybridized carbons (Fsp3) is 0.250. The van der Waals surface area contributed by atoms with Crippen LogP contribution in [0, 0.1) is 10.1 Å². The van der Waals surface area contributed by atoms with E-state index in [0.717, 1.165) is 11.8 Å². The number of aliphatic hydroxyl groups is 1. The number of pyridine rings is 1. The van der Waals surface area contributed by atoms with Gasteiger partial charge in [0, 0.05) is 23.6 Å². The molecule has 0 radical (unpaired) electrons. The minimum absolute atomic E-state index is 0.106. The summed E-state index contributed by atoms with van der Waals surface area (Å²) in [7, 11) is 0. The summed E-state index contributed by atoms with van der Waals surface area (Å²) >= 11 is 1.06. The molecular weight excluding hydrogens is 248 g/mol. The van der Waals surface area contributed by atoms with E-state index < -0.39 is 4.92 Å². The summed E-state index contributed by atoms with van der Waals surface area (Å²) in [6.07, 6.45) is 1.27. The molecule has 0 aliphatic rings. The lowest BCUT2D eigenvalue weighted by molar-refractivity contribution is -0.388. The zero-order chi connectivity index (χ0) is 12.8. The Bertz CT molecular complexity index is 451. The van der Waals surface area contributed by atoms with Gasteiger partial charge in [0.05, 0.1) is 11.5 Å². The number of thioether (sulfide) groups is 1. The lowest BCUT2D eigenvalue weighted by Crippen LogP contribution is -2.14. The zero-order valence-electron chi connectivity index (χ0n) is 8.61. The summed E-state index contributed by atoms with van der Waals surface area (Å²) in [5, 5.41) is 30.8. The van der Waals surface area contributed by atoms with E-state index in [0.29, 0.717) is 5.75 Å². The van der Waals surface area contributed by atoms with E-state index in [2.05, 4.69) is 10.1 Å². The van der Waals surface area contributed by atoms with Crippen LogP contribution in [0.5, 0.6) is 0 Å². The van der Waals surface area contributed by atoms with E-state index in [1.807, 2.05) is 0 Å². The molecule has 4 N–H and O–H groups in total. The summed E-state index contributed by atoms with van der Waals surface area (Å²) in [4.78, 5) is 14.0. The summed E-state index contributed by atoms with van der Waals surface area (Å²) in [6, 6.07) is 1.17. The third-order valence-corrected chi connectivity index (χ3v) is 2.74. The Balaban J connectivity index is 3.13. The molecule has 9 heteroatoms. The minimum atomic E-state index is -0.610. The molecule has 0 fully saturated rings. The van der Waals surface area contributed by atoms with Crippen molar-refractivity contribution in [2.24, 2.45) is 10.9 Å². The number of nitrogens with zero attached hydrogens (tertiary/aromatic N) is 3. The molecule has 0 unspecified atom stereocenters. The third kappa shape index (κ3) is 3.29. The Kier molecular flexibility index (Phi) is 4.67. The smallest absolute Gasteiger partial charge is 0.302 e. The monoisotopic (exact) mass is 258 g/mol. The quantitative estimate of drug-likeness (QED) is 0.171.